The van der Waals surface area contributed by atoms with Gasteiger partial charge in [-0.05, 0) is 79.1 Å². The van der Waals surface area contributed by atoms with Crippen LogP contribution in [-0.2, 0) is 6.54 Å². The van der Waals surface area contributed by atoms with E-state index < -0.39 is 11.7 Å². The Labute approximate surface area is 288 Å². The zero-order chi connectivity index (χ0) is 35.2. The number of nitrogen functional groups attached to an aromatic ring is 1. The molecule has 1 saturated heterocycles. The van der Waals surface area contributed by atoms with Crippen LogP contribution in [0.5, 0.6) is 0 Å². The number of rotatable bonds is 8. The second-order valence-electron chi connectivity index (χ2n) is 11.5. The average molecular weight is 670 g/mol. The number of pyridine rings is 2. The van der Waals surface area contributed by atoms with Crippen molar-refractivity contribution in [3.8, 4) is 34.4 Å². The molecule has 0 saturated carbocycles. The van der Waals surface area contributed by atoms with Crippen molar-refractivity contribution in [2.75, 3.05) is 24.1 Å². The summed E-state index contributed by atoms with van der Waals surface area (Å²) in [7, 11) is 0. The molecule has 1 aliphatic rings. The van der Waals surface area contributed by atoms with E-state index in [0.29, 0.717) is 45.4 Å². The Kier molecular flexibility index (Phi) is 10.0. The molecule has 0 atom stereocenters. The molecule has 7 rings (SSSR count). The first-order chi connectivity index (χ1) is 24.4. The monoisotopic (exact) mass is 669 g/mol. The number of benzene rings is 2. The maximum atomic E-state index is 14.0. The van der Waals surface area contributed by atoms with Gasteiger partial charge >= 0.3 is 0 Å². The topological polar surface area (TPSA) is 178 Å². The Morgan fingerprint density at radius 3 is 2.46 bits per heavy atom. The fraction of sp³-hybridized carbons (Fsp3) is 0.216. The molecule has 50 heavy (non-hydrogen) atoms. The largest absolute Gasteiger partial charge is 0.383 e. The average Bonchev–Trinajstić information content (AvgIpc) is 3.52. The Morgan fingerprint density at radius 2 is 1.74 bits per heavy atom. The summed E-state index contributed by atoms with van der Waals surface area (Å²) >= 11 is 0. The second-order valence-corrected chi connectivity index (χ2v) is 11.5. The van der Waals surface area contributed by atoms with E-state index >= 15 is 0 Å². The number of likely N-dealkylation sites (tertiary alicyclic amines) is 1. The van der Waals surface area contributed by atoms with E-state index in [2.05, 4.69) is 37.3 Å². The first kappa shape index (κ1) is 33.6. The van der Waals surface area contributed by atoms with Crippen molar-refractivity contribution in [1.82, 2.24) is 34.4 Å². The highest BCUT2D eigenvalue weighted by Crippen LogP contribution is 2.33. The number of imidazole rings is 1. The molecule has 252 valence electrons. The number of nitrogens with zero attached hydrogens (tertiary/aromatic N) is 8. The number of halogens is 1. The Morgan fingerprint density at radius 1 is 0.960 bits per heavy atom. The summed E-state index contributed by atoms with van der Waals surface area (Å²) < 4.78 is 15.9. The van der Waals surface area contributed by atoms with Gasteiger partial charge in [-0.3, -0.25) is 14.3 Å². The van der Waals surface area contributed by atoms with Crippen LogP contribution in [0.1, 0.15) is 48.4 Å². The molecule has 0 bridgehead atoms. The van der Waals surface area contributed by atoms with Crippen LogP contribution in [0.25, 0.3) is 39.5 Å². The minimum Gasteiger partial charge on any atom is -0.383 e. The molecular weight excluding hydrogens is 633 g/mol. The number of amides is 1. The Balaban J connectivity index is 0.00000212. The van der Waals surface area contributed by atoms with E-state index in [9.17, 15) is 9.18 Å². The number of carbonyl (C=O) groups excluding carboxylic acids is 1. The Bertz CT molecular complexity index is 2190. The number of nitrogens with one attached hydrogen (secondary N) is 1. The molecule has 12 nitrogen and oxygen atoms in total. The van der Waals surface area contributed by atoms with Gasteiger partial charge in [0, 0.05) is 49.3 Å². The SMILES string of the molecule is CC.N#Cc1nccc(NC2CCN(Cc3ccc(-n4c(-c5cccnc5N)nc5ccc(-c6ccc(F)cc6C(N)=O)nc54)cc3)CC2)n1. The summed E-state index contributed by atoms with van der Waals surface area (Å²) in [6, 6.07) is 23.3. The van der Waals surface area contributed by atoms with Crippen LogP contribution in [0, 0.1) is 17.1 Å². The lowest BCUT2D eigenvalue weighted by Gasteiger charge is -2.32. The minimum absolute atomic E-state index is 0.0379. The van der Waals surface area contributed by atoms with Gasteiger partial charge in [-0.2, -0.15) is 5.26 Å². The van der Waals surface area contributed by atoms with Gasteiger partial charge in [-0.15, -0.1) is 0 Å². The zero-order valence-corrected chi connectivity index (χ0v) is 27.7. The van der Waals surface area contributed by atoms with E-state index in [1.54, 1.807) is 36.7 Å². The third-order valence-corrected chi connectivity index (χ3v) is 8.40. The van der Waals surface area contributed by atoms with Crippen LogP contribution in [0.3, 0.4) is 0 Å². The van der Waals surface area contributed by atoms with Crippen molar-refractivity contribution in [1.29, 1.82) is 5.26 Å². The maximum Gasteiger partial charge on any atom is 0.249 e. The quantitative estimate of drug-likeness (QED) is 0.181. The van der Waals surface area contributed by atoms with Crippen molar-refractivity contribution >= 4 is 28.7 Å². The number of primary amides is 1. The van der Waals surface area contributed by atoms with Gasteiger partial charge < -0.3 is 16.8 Å². The van der Waals surface area contributed by atoms with Crippen LogP contribution in [0.15, 0.2) is 85.2 Å². The first-order valence-corrected chi connectivity index (χ1v) is 16.4. The lowest BCUT2D eigenvalue weighted by molar-refractivity contribution is 0.100. The number of piperidine rings is 1. The van der Waals surface area contributed by atoms with Gasteiger partial charge in [-0.1, -0.05) is 26.0 Å². The highest BCUT2D eigenvalue weighted by Gasteiger charge is 2.22. The maximum absolute atomic E-state index is 14.0. The number of carbonyl (C=O) groups is 1. The van der Waals surface area contributed by atoms with Crippen LogP contribution in [0.2, 0.25) is 0 Å². The third-order valence-electron chi connectivity index (χ3n) is 8.40. The van der Waals surface area contributed by atoms with Crippen molar-refractivity contribution in [3.63, 3.8) is 0 Å². The fourth-order valence-corrected chi connectivity index (χ4v) is 6.03. The van der Waals surface area contributed by atoms with E-state index in [1.807, 2.05) is 42.7 Å². The number of aromatic nitrogens is 6. The van der Waals surface area contributed by atoms with Gasteiger partial charge in [0.15, 0.2) is 11.5 Å². The molecule has 5 heterocycles. The highest BCUT2D eigenvalue weighted by atomic mass is 19.1. The molecule has 1 aliphatic heterocycles. The van der Waals surface area contributed by atoms with Gasteiger partial charge in [0.25, 0.3) is 0 Å². The summed E-state index contributed by atoms with van der Waals surface area (Å²) in [6.45, 7) is 6.61. The van der Waals surface area contributed by atoms with Gasteiger partial charge in [0.05, 0.1) is 16.8 Å². The lowest BCUT2D eigenvalue weighted by atomic mass is 10.0. The van der Waals surface area contributed by atoms with Gasteiger partial charge in [0.1, 0.15) is 29.0 Å². The summed E-state index contributed by atoms with van der Waals surface area (Å²) in [6.07, 6.45) is 5.10. The molecule has 0 spiro atoms. The lowest BCUT2D eigenvalue weighted by Crippen LogP contribution is -2.38. The number of hydrogen-bond acceptors (Lipinski definition) is 10. The predicted octanol–water partition coefficient (Wildman–Crippen LogP) is 5.73. The summed E-state index contributed by atoms with van der Waals surface area (Å²) in [5.74, 6) is 0.390. The number of nitriles is 1. The molecule has 6 aromatic rings. The molecule has 4 aromatic heterocycles. The van der Waals surface area contributed by atoms with Crippen molar-refractivity contribution in [3.05, 3.63) is 108 Å². The summed E-state index contributed by atoms with van der Waals surface area (Å²) in [4.78, 5) is 36.8. The zero-order valence-electron chi connectivity index (χ0n) is 27.7. The molecule has 1 fully saturated rings. The smallest absolute Gasteiger partial charge is 0.249 e. The number of anilines is 2. The van der Waals surface area contributed by atoms with Crippen molar-refractivity contribution < 1.29 is 9.18 Å². The van der Waals surface area contributed by atoms with E-state index in [-0.39, 0.29) is 17.4 Å². The molecule has 2 aromatic carbocycles. The highest BCUT2D eigenvalue weighted by molar-refractivity contribution is 6.00. The molecular formula is C37H36FN11O. The van der Waals surface area contributed by atoms with E-state index in [4.69, 9.17) is 26.7 Å². The van der Waals surface area contributed by atoms with Gasteiger partial charge in [0.2, 0.25) is 11.7 Å². The van der Waals surface area contributed by atoms with Gasteiger partial charge in [-0.25, -0.2) is 29.3 Å². The molecule has 0 unspecified atom stereocenters. The van der Waals surface area contributed by atoms with Crippen LogP contribution >= 0.6 is 0 Å². The molecule has 0 aliphatic carbocycles. The van der Waals surface area contributed by atoms with Crippen LogP contribution in [0.4, 0.5) is 16.0 Å². The number of nitrogens with two attached hydrogens (primary N) is 2. The third kappa shape index (κ3) is 7.11. The predicted molar refractivity (Wildman–Crippen MR) is 190 cm³/mol. The standard InChI is InChI=1S/C35H30FN11O.C2H6/c36-22-5-8-25(27(18-22)33(39)48)28-9-10-29-35(43-28)47(34(44-29)26-2-1-14-41-32(26)38)24-6-3-21(4-7-24)20-46-16-12-23(13-17-46)42-30-11-15-40-31(19-37)45-30;1-2/h1-11,14-15,18,23H,12-13,16-17,20H2,(H2,38,41)(H2,39,48)(H,40,42,45);1-2H3. The molecule has 5 N–H and O–H groups in total. The normalized spacial score (nSPS) is 13.3. The molecule has 1 amide bonds. The van der Waals surface area contributed by atoms with Crippen LogP contribution < -0.4 is 16.8 Å². The molecule has 0 radical (unpaired) electrons. The number of hydrogen-bond donors (Lipinski definition) is 3. The first-order valence-electron chi connectivity index (χ1n) is 16.4. The van der Waals surface area contributed by atoms with Crippen molar-refractivity contribution in [2.24, 2.45) is 5.73 Å². The summed E-state index contributed by atoms with van der Waals surface area (Å²) in [5, 5.41) is 12.5. The summed E-state index contributed by atoms with van der Waals surface area (Å²) in [5.41, 5.74) is 16.5. The fourth-order valence-electron chi connectivity index (χ4n) is 6.03. The van der Waals surface area contributed by atoms with Crippen LogP contribution in [-0.4, -0.2) is 59.4 Å². The molecule has 13 heteroatoms. The second kappa shape index (κ2) is 14.9. The van der Waals surface area contributed by atoms with E-state index in [1.165, 1.54) is 12.1 Å². The van der Waals surface area contributed by atoms with E-state index in [0.717, 1.165) is 49.8 Å². The van der Waals surface area contributed by atoms with Crippen molar-refractivity contribution in [2.45, 2.75) is 39.3 Å². The minimum atomic E-state index is -0.750. The Hall–Kier alpha value is -6.26. The number of fused-ring (bicyclic) bond motifs is 1.